The lowest BCUT2D eigenvalue weighted by atomic mass is 10.0. The molecule has 25 heavy (non-hydrogen) atoms. The topological polar surface area (TPSA) is 68.0 Å². The minimum absolute atomic E-state index is 0. The van der Waals surface area contributed by atoms with Crippen LogP contribution >= 0.6 is 24.8 Å². The molecule has 9 heteroatoms. The van der Waals surface area contributed by atoms with Crippen molar-refractivity contribution in [2.24, 2.45) is 11.7 Å². The van der Waals surface area contributed by atoms with Crippen molar-refractivity contribution in [3.8, 4) is 0 Å². The zero-order valence-corrected chi connectivity index (χ0v) is 14.7. The molecule has 0 aliphatic heterocycles. The monoisotopic (exact) mass is 395 g/mol. The van der Waals surface area contributed by atoms with Crippen LogP contribution in [-0.2, 0) is 6.18 Å². The number of fused-ring (bicyclic) bond motifs is 1. The molecule has 0 saturated heterocycles. The molecule has 1 aliphatic carbocycles. The normalized spacial score (nSPS) is 15.0. The van der Waals surface area contributed by atoms with Gasteiger partial charge >= 0.3 is 6.18 Å². The maximum atomic E-state index is 13.4. The molecule has 1 atom stereocenters. The Morgan fingerprint density at radius 2 is 1.92 bits per heavy atom. The number of halogens is 5. The Labute approximate surface area is 155 Å². The molecule has 1 amide bonds. The molecular weight excluding hydrogens is 378 g/mol. The molecule has 1 aromatic carbocycles. The third-order valence-corrected chi connectivity index (χ3v) is 4.03. The van der Waals surface area contributed by atoms with Crippen LogP contribution in [0.1, 0.15) is 28.8 Å². The highest BCUT2D eigenvalue weighted by Crippen LogP contribution is 2.36. The number of para-hydroxylation sites is 1. The summed E-state index contributed by atoms with van der Waals surface area (Å²) in [6, 6.07) is 5.67. The van der Waals surface area contributed by atoms with Crippen LogP contribution in [0.5, 0.6) is 0 Å². The summed E-state index contributed by atoms with van der Waals surface area (Å²) in [5.74, 6) is -0.446. The van der Waals surface area contributed by atoms with Gasteiger partial charge in [0.1, 0.15) is 0 Å². The first kappa shape index (κ1) is 21.5. The average Bonchev–Trinajstić information content (AvgIpc) is 3.35. The Kier molecular flexibility index (Phi) is 7.05. The lowest BCUT2D eigenvalue weighted by Gasteiger charge is -2.16. The Bertz CT molecular complexity index is 751. The van der Waals surface area contributed by atoms with Gasteiger partial charge in [0.25, 0.3) is 5.91 Å². The van der Waals surface area contributed by atoms with Gasteiger partial charge in [0.05, 0.1) is 16.6 Å². The summed E-state index contributed by atoms with van der Waals surface area (Å²) >= 11 is 0. The highest BCUT2D eigenvalue weighted by Gasteiger charge is 2.38. The highest BCUT2D eigenvalue weighted by molar-refractivity contribution is 6.00. The van der Waals surface area contributed by atoms with E-state index in [2.05, 4.69) is 10.3 Å². The molecule has 1 unspecified atom stereocenters. The number of hydrogen-bond acceptors (Lipinski definition) is 3. The summed E-state index contributed by atoms with van der Waals surface area (Å²) in [5.41, 5.74) is 4.64. The summed E-state index contributed by atoms with van der Waals surface area (Å²) in [7, 11) is 0. The molecular formula is C16H18Cl2F3N3O. The Balaban J connectivity index is 0.00000156. The largest absolute Gasteiger partial charge is 0.417 e. The van der Waals surface area contributed by atoms with Crippen molar-refractivity contribution < 1.29 is 18.0 Å². The quantitative estimate of drug-likeness (QED) is 0.831. The number of alkyl halides is 3. The number of aromatic nitrogens is 1. The van der Waals surface area contributed by atoms with Crippen molar-refractivity contribution in [3.05, 3.63) is 41.6 Å². The van der Waals surface area contributed by atoms with Gasteiger partial charge in [-0.3, -0.25) is 9.78 Å². The predicted octanol–water partition coefficient (Wildman–Crippen LogP) is 3.56. The zero-order chi connectivity index (χ0) is 16.6. The van der Waals surface area contributed by atoms with E-state index in [1.807, 2.05) is 0 Å². The highest BCUT2D eigenvalue weighted by atomic mass is 35.5. The number of carbonyl (C=O) groups is 1. The minimum Gasteiger partial charge on any atom is -0.350 e. The number of nitrogens with two attached hydrogens (primary N) is 1. The van der Waals surface area contributed by atoms with Gasteiger partial charge in [0.15, 0.2) is 0 Å². The zero-order valence-electron chi connectivity index (χ0n) is 13.0. The van der Waals surface area contributed by atoms with E-state index in [9.17, 15) is 18.0 Å². The molecule has 2 aromatic rings. The number of nitrogens with one attached hydrogen (secondary N) is 1. The van der Waals surface area contributed by atoms with Gasteiger partial charge in [-0.05, 0) is 24.8 Å². The first-order valence-corrected chi connectivity index (χ1v) is 7.36. The van der Waals surface area contributed by atoms with Crippen molar-refractivity contribution >= 4 is 41.6 Å². The van der Waals surface area contributed by atoms with Crippen molar-refractivity contribution in [2.45, 2.75) is 25.1 Å². The van der Waals surface area contributed by atoms with Gasteiger partial charge in [-0.2, -0.15) is 13.2 Å². The van der Waals surface area contributed by atoms with Crippen molar-refractivity contribution in [2.75, 3.05) is 6.54 Å². The Morgan fingerprint density at radius 3 is 2.52 bits per heavy atom. The van der Waals surface area contributed by atoms with Gasteiger partial charge in [-0.1, -0.05) is 18.2 Å². The average molecular weight is 396 g/mol. The van der Waals surface area contributed by atoms with E-state index in [-0.39, 0.29) is 48.3 Å². The second-order valence-corrected chi connectivity index (χ2v) is 5.77. The third kappa shape index (κ3) is 4.74. The van der Waals surface area contributed by atoms with E-state index >= 15 is 0 Å². The molecule has 1 fully saturated rings. The van der Waals surface area contributed by atoms with E-state index in [0.29, 0.717) is 5.92 Å². The Hall–Kier alpha value is -1.57. The minimum atomic E-state index is -4.65. The fraction of sp³-hybridized carbons (Fsp3) is 0.375. The van der Waals surface area contributed by atoms with Crippen LogP contribution in [-0.4, -0.2) is 23.5 Å². The van der Waals surface area contributed by atoms with Crippen LogP contribution in [0.3, 0.4) is 0 Å². The molecule has 138 valence electrons. The van der Waals surface area contributed by atoms with Crippen LogP contribution < -0.4 is 11.1 Å². The number of amides is 1. The van der Waals surface area contributed by atoms with Crippen molar-refractivity contribution in [1.82, 2.24) is 10.3 Å². The second-order valence-electron chi connectivity index (χ2n) is 5.77. The predicted molar refractivity (Wildman–Crippen MR) is 94.3 cm³/mol. The van der Waals surface area contributed by atoms with E-state index < -0.39 is 23.2 Å². The van der Waals surface area contributed by atoms with E-state index in [1.54, 1.807) is 6.07 Å². The summed E-state index contributed by atoms with van der Waals surface area (Å²) in [4.78, 5) is 16.2. The molecule has 3 N–H and O–H groups in total. The standard InChI is InChI=1S/C16H16F3N3O.2ClH/c17-16(18,19)14-10-3-1-2-4-13(10)21-7-11(14)15(23)22-8-12(20)9-5-6-9;;/h1-4,7,9,12H,5-6,8,20H2,(H,22,23);2*1H. The van der Waals surface area contributed by atoms with Crippen LogP contribution in [0.25, 0.3) is 10.9 Å². The summed E-state index contributed by atoms with van der Waals surface area (Å²) in [6.45, 7) is 0.160. The third-order valence-electron chi connectivity index (χ3n) is 4.03. The number of nitrogens with zero attached hydrogens (tertiary/aromatic N) is 1. The molecule has 1 aromatic heterocycles. The van der Waals surface area contributed by atoms with Crippen molar-refractivity contribution in [1.29, 1.82) is 0 Å². The number of rotatable bonds is 4. The summed E-state index contributed by atoms with van der Waals surface area (Å²) in [6.07, 6.45) is -1.66. The number of carbonyl (C=O) groups excluding carboxylic acids is 1. The fourth-order valence-corrected chi connectivity index (χ4v) is 2.62. The van der Waals surface area contributed by atoms with Crippen LogP contribution in [0, 0.1) is 5.92 Å². The van der Waals surface area contributed by atoms with E-state index in [0.717, 1.165) is 19.0 Å². The molecule has 1 saturated carbocycles. The summed E-state index contributed by atoms with van der Waals surface area (Å²) < 4.78 is 40.3. The second kappa shape index (κ2) is 8.21. The van der Waals surface area contributed by atoms with E-state index in [1.165, 1.54) is 18.2 Å². The number of benzene rings is 1. The van der Waals surface area contributed by atoms with E-state index in [4.69, 9.17) is 5.73 Å². The first-order chi connectivity index (χ1) is 10.9. The lowest BCUT2D eigenvalue weighted by Crippen LogP contribution is -2.39. The molecule has 1 aliphatic rings. The van der Waals surface area contributed by atoms with Crippen LogP contribution in [0.2, 0.25) is 0 Å². The lowest BCUT2D eigenvalue weighted by molar-refractivity contribution is -0.136. The van der Waals surface area contributed by atoms with Gasteiger partial charge < -0.3 is 11.1 Å². The molecule has 0 spiro atoms. The van der Waals surface area contributed by atoms with Gasteiger partial charge in [0, 0.05) is 24.2 Å². The smallest absolute Gasteiger partial charge is 0.350 e. The maximum Gasteiger partial charge on any atom is 0.417 e. The maximum absolute atomic E-state index is 13.4. The van der Waals surface area contributed by atoms with Gasteiger partial charge in [-0.15, -0.1) is 24.8 Å². The molecule has 0 radical (unpaired) electrons. The number of pyridine rings is 1. The Morgan fingerprint density at radius 1 is 1.28 bits per heavy atom. The number of hydrogen-bond donors (Lipinski definition) is 2. The summed E-state index contributed by atoms with van der Waals surface area (Å²) in [5, 5.41) is 2.41. The van der Waals surface area contributed by atoms with Gasteiger partial charge in [-0.25, -0.2) is 0 Å². The molecule has 1 heterocycles. The van der Waals surface area contributed by atoms with Gasteiger partial charge in [0.2, 0.25) is 0 Å². The van der Waals surface area contributed by atoms with Crippen molar-refractivity contribution in [3.63, 3.8) is 0 Å². The molecule has 4 nitrogen and oxygen atoms in total. The molecule has 3 rings (SSSR count). The van der Waals surface area contributed by atoms with Crippen LogP contribution in [0.4, 0.5) is 13.2 Å². The first-order valence-electron chi connectivity index (χ1n) is 7.36. The van der Waals surface area contributed by atoms with Crippen LogP contribution in [0.15, 0.2) is 30.5 Å². The molecule has 0 bridgehead atoms. The SMILES string of the molecule is Cl.Cl.NC(CNC(=O)c1cnc2ccccc2c1C(F)(F)F)C1CC1. The fourth-order valence-electron chi connectivity index (χ4n) is 2.62.